The van der Waals surface area contributed by atoms with Crippen LogP contribution in [0.4, 0.5) is 0 Å². The molecular weight excluding hydrogens is 276 g/mol. The Hall–Kier alpha value is -2.43. The molecule has 1 aromatic carbocycles. The lowest BCUT2D eigenvalue weighted by molar-refractivity contribution is 0.718. The van der Waals surface area contributed by atoms with Crippen molar-refractivity contribution in [2.75, 3.05) is 0 Å². The summed E-state index contributed by atoms with van der Waals surface area (Å²) in [6.07, 6.45) is 3.69. The van der Waals surface area contributed by atoms with Crippen molar-refractivity contribution in [1.29, 1.82) is 0 Å². The van der Waals surface area contributed by atoms with Gasteiger partial charge in [-0.2, -0.15) is 0 Å². The first-order valence-corrected chi connectivity index (χ1v) is 7.80. The third-order valence-corrected chi connectivity index (χ3v) is 3.78. The van der Waals surface area contributed by atoms with Gasteiger partial charge in [0, 0.05) is 12.0 Å². The molecule has 1 N–H and O–H groups in total. The molecule has 0 saturated carbocycles. The van der Waals surface area contributed by atoms with E-state index in [1.165, 1.54) is 0 Å². The number of hydrogen-bond acceptors (Lipinski definition) is 3. The van der Waals surface area contributed by atoms with E-state index in [4.69, 9.17) is 0 Å². The summed E-state index contributed by atoms with van der Waals surface area (Å²) in [5.74, 6) is 1.45. The molecule has 0 unspecified atom stereocenters. The Morgan fingerprint density at radius 1 is 1.18 bits per heavy atom. The number of aryl methyl sites for hydroxylation is 2. The topological polar surface area (TPSA) is 63.0 Å². The lowest BCUT2D eigenvalue weighted by Gasteiger charge is -2.04. The smallest absolute Gasteiger partial charge is 0.277 e. The molecule has 3 aromatic rings. The maximum absolute atomic E-state index is 12.5. The molecule has 0 saturated heterocycles. The van der Waals surface area contributed by atoms with Crippen LogP contribution in [0.3, 0.4) is 0 Å². The second-order valence-electron chi connectivity index (χ2n) is 5.36. The van der Waals surface area contributed by atoms with Crippen molar-refractivity contribution >= 4 is 5.52 Å². The van der Waals surface area contributed by atoms with Gasteiger partial charge in [-0.15, -0.1) is 5.10 Å². The van der Waals surface area contributed by atoms with Gasteiger partial charge in [0.25, 0.3) is 5.56 Å². The molecule has 22 heavy (non-hydrogen) atoms. The average molecular weight is 296 g/mol. The molecule has 0 amide bonds. The van der Waals surface area contributed by atoms with Crippen molar-refractivity contribution in [2.24, 2.45) is 0 Å². The van der Waals surface area contributed by atoms with Crippen LogP contribution in [-0.4, -0.2) is 19.6 Å². The Morgan fingerprint density at radius 2 is 1.95 bits per heavy atom. The summed E-state index contributed by atoms with van der Waals surface area (Å²) in [7, 11) is 0. The van der Waals surface area contributed by atoms with Crippen LogP contribution >= 0.6 is 0 Å². The standard InChI is InChI=1S/C17H20N4O/c1-3-5-11-14-18-13(4-2)15-17(22)19-16(20-21(14)15)12-9-7-6-8-10-12/h6-10H,3-5,11H2,1-2H3,(H,19,20,22). The first-order chi connectivity index (χ1) is 10.7. The molecule has 3 rings (SSSR count). The summed E-state index contributed by atoms with van der Waals surface area (Å²) in [6, 6.07) is 9.69. The number of benzene rings is 1. The Kier molecular flexibility index (Phi) is 4.04. The molecule has 2 heterocycles. The van der Waals surface area contributed by atoms with E-state index in [2.05, 4.69) is 22.0 Å². The van der Waals surface area contributed by atoms with Gasteiger partial charge >= 0.3 is 0 Å². The fraction of sp³-hybridized carbons (Fsp3) is 0.353. The number of nitrogens with one attached hydrogen (secondary N) is 1. The van der Waals surface area contributed by atoms with Gasteiger partial charge in [-0.25, -0.2) is 9.50 Å². The predicted octanol–water partition coefficient (Wildman–Crippen LogP) is 2.99. The zero-order valence-electron chi connectivity index (χ0n) is 13.0. The Labute approximate surface area is 129 Å². The minimum absolute atomic E-state index is 0.124. The fourth-order valence-corrected chi connectivity index (χ4v) is 2.60. The molecular formula is C17H20N4O. The van der Waals surface area contributed by atoms with E-state index in [9.17, 15) is 4.79 Å². The highest BCUT2D eigenvalue weighted by Gasteiger charge is 2.15. The van der Waals surface area contributed by atoms with Gasteiger partial charge in [0.1, 0.15) is 5.82 Å². The number of rotatable bonds is 5. The van der Waals surface area contributed by atoms with E-state index in [0.29, 0.717) is 11.3 Å². The summed E-state index contributed by atoms with van der Waals surface area (Å²) in [5.41, 5.74) is 2.17. The van der Waals surface area contributed by atoms with E-state index < -0.39 is 0 Å². The number of aromatic nitrogens is 4. The Morgan fingerprint density at radius 3 is 2.64 bits per heavy atom. The minimum atomic E-state index is -0.124. The molecule has 0 aliphatic heterocycles. The highest BCUT2D eigenvalue weighted by molar-refractivity contribution is 5.57. The molecule has 0 radical (unpaired) electrons. The van der Waals surface area contributed by atoms with Crippen LogP contribution in [0.15, 0.2) is 35.1 Å². The number of aromatic amines is 1. The van der Waals surface area contributed by atoms with E-state index >= 15 is 0 Å². The van der Waals surface area contributed by atoms with Crippen molar-refractivity contribution in [3.05, 3.63) is 52.2 Å². The van der Waals surface area contributed by atoms with Crippen LogP contribution in [0.25, 0.3) is 16.9 Å². The maximum Gasteiger partial charge on any atom is 0.277 e. The van der Waals surface area contributed by atoms with Gasteiger partial charge in [-0.05, 0) is 12.8 Å². The third kappa shape index (κ3) is 2.54. The molecule has 114 valence electrons. The summed E-state index contributed by atoms with van der Waals surface area (Å²) in [6.45, 7) is 4.16. The zero-order valence-corrected chi connectivity index (χ0v) is 13.0. The monoisotopic (exact) mass is 296 g/mol. The van der Waals surface area contributed by atoms with Crippen molar-refractivity contribution in [3.63, 3.8) is 0 Å². The van der Waals surface area contributed by atoms with Crippen molar-refractivity contribution < 1.29 is 0 Å². The molecule has 0 spiro atoms. The lowest BCUT2D eigenvalue weighted by atomic mass is 10.2. The number of imidazole rings is 1. The summed E-state index contributed by atoms with van der Waals surface area (Å²) >= 11 is 0. The second-order valence-corrected chi connectivity index (χ2v) is 5.36. The zero-order chi connectivity index (χ0) is 15.5. The molecule has 5 nitrogen and oxygen atoms in total. The van der Waals surface area contributed by atoms with Crippen LogP contribution in [0.1, 0.15) is 38.2 Å². The van der Waals surface area contributed by atoms with Crippen molar-refractivity contribution in [1.82, 2.24) is 19.6 Å². The normalized spacial score (nSPS) is 11.2. The minimum Gasteiger partial charge on any atom is -0.303 e. The van der Waals surface area contributed by atoms with E-state index in [1.807, 2.05) is 37.3 Å². The average Bonchev–Trinajstić information content (AvgIpc) is 2.92. The highest BCUT2D eigenvalue weighted by Crippen LogP contribution is 2.16. The summed E-state index contributed by atoms with van der Waals surface area (Å²) in [4.78, 5) is 20.0. The van der Waals surface area contributed by atoms with Crippen LogP contribution < -0.4 is 5.56 Å². The number of H-pyrrole nitrogens is 1. The van der Waals surface area contributed by atoms with Crippen LogP contribution in [0, 0.1) is 0 Å². The molecule has 5 heteroatoms. The molecule has 0 aliphatic carbocycles. The first kappa shape index (κ1) is 14.5. The Balaban J connectivity index is 2.21. The van der Waals surface area contributed by atoms with Gasteiger partial charge in [-0.3, -0.25) is 4.79 Å². The fourth-order valence-electron chi connectivity index (χ4n) is 2.60. The molecule has 2 aromatic heterocycles. The van der Waals surface area contributed by atoms with Gasteiger partial charge in [-0.1, -0.05) is 50.6 Å². The summed E-state index contributed by atoms with van der Waals surface area (Å²) in [5, 5.41) is 4.63. The number of hydrogen-bond donors (Lipinski definition) is 1. The maximum atomic E-state index is 12.5. The SMILES string of the molecule is CCCCc1nc(CC)c2c(=O)[nH]c(-c3ccccc3)nn12. The number of fused-ring (bicyclic) bond motifs is 1. The predicted molar refractivity (Wildman–Crippen MR) is 87.0 cm³/mol. The first-order valence-electron chi connectivity index (χ1n) is 7.80. The molecule has 0 atom stereocenters. The van der Waals surface area contributed by atoms with Crippen LogP contribution in [-0.2, 0) is 12.8 Å². The number of nitrogens with zero attached hydrogens (tertiary/aromatic N) is 3. The van der Waals surface area contributed by atoms with Crippen LogP contribution in [0.2, 0.25) is 0 Å². The van der Waals surface area contributed by atoms with E-state index in [-0.39, 0.29) is 5.56 Å². The molecule has 0 aliphatic rings. The van der Waals surface area contributed by atoms with Gasteiger partial charge < -0.3 is 4.98 Å². The van der Waals surface area contributed by atoms with E-state index in [0.717, 1.165) is 42.8 Å². The largest absolute Gasteiger partial charge is 0.303 e. The van der Waals surface area contributed by atoms with Crippen molar-refractivity contribution in [3.8, 4) is 11.4 Å². The summed E-state index contributed by atoms with van der Waals surface area (Å²) < 4.78 is 1.73. The van der Waals surface area contributed by atoms with E-state index in [1.54, 1.807) is 4.52 Å². The van der Waals surface area contributed by atoms with Crippen molar-refractivity contribution in [2.45, 2.75) is 39.5 Å². The van der Waals surface area contributed by atoms with Gasteiger partial charge in [0.2, 0.25) is 0 Å². The van der Waals surface area contributed by atoms with Crippen LogP contribution in [0.5, 0.6) is 0 Å². The lowest BCUT2D eigenvalue weighted by Crippen LogP contribution is -2.15. The Bertz CT molecular complexity index is 833. The van der Waals surface area contributed by atoms with Gasteiger partial charge in [0.15, 0.2) is 11.3 Å². The molecule has 0 bridgehead atoms. The number of unbranched alkanes of at least 4 members (excludes halogenated alkanes) is 1. The molecule has 0 fully saturated rings. The highest BCUT2D eigenvalue weighted by atomic mass is 16.1. The third-order valence-electron chi connectivity index (χ3n) is 3.78. The second kappa shape index (κ2) is 6.13. The quantitative estimate of drug-likeness (QED) is 0.787. The van der Waals surface area contributed by atoms with Gasteiger partial charge in [0.05, 0.1) is 5.69 Å².